The van der Waals surface area contributed by atoms with E-state index in [2.05, 4.69) is 19.2 Å². The van der Waals surface area contributed by atoms with Gasteiger partial charge in [-0.3, -0.25) is 9.69 Å². The highest BCUT2D eigenvalue weighted by molar-refractivity contribution is 5.78. The Morgan fingerprint density at radius 3 is 2.52 bits per heavy atom. The number of amides is 1. The standard InChI is InChI=1S/C21H36N2O4/c1-16(2)10-13-27-19-9-8-18(14-20(19)26-6)17(3)22-21(24)15-23(4)11-7-12-25-5/h8-9,14,16-17H,7,10-13,15H2,1-6H3,(H,22,24). The van der Waals surface area contributed by atoms with Crippen molar-refractivity contribution < 1.29 is 19.0 Å². The SMILES string of the molecule is COCCCN(C)CC(=O)NC(C)c1ccc(OCCC(C)C)c(OC)c1. The summed E-state index contributed by atoms with van der Waals surface area (Å²) >= 11 is 0. The lowest BCUT2D eigenvalue weighted by Gasteiger charge is -2.20. The van der Waals surface area contributed by atoms with Crippen molar-refractivity contribution >= 4 is 5.91 Å². The number of ether oxygens (including phenoxy) is 3. The molecule has 0 spiro atoms. The maximum atomic E-state index is 12.3. The average Bonchev–Trinajstić information content (AvgIpc) is 2.61. The van der Waals surface area contributed by atoms with Crippen LogP contribution in [-0.2, 0) is 9.53 Å². The van der Waals surface area contributed by atoms with E-state index in [1.165, 1.54) is 0 Å². The van der Waals surface area contributed by atoms with E-state index in [0.29, 0.717) is 31.4 Å². The van der Waals surface area contributed by atoms with Gasteiger partial charge in [0.15, 0.2) is 11.5 Å². The van der Waals surface area contributed by atoms with Crippen molar-refractivity contribution in [1.29, 1.82) is 0 Å². The highest BCUT2D eigenvalue weighted by Gasteiger charge is 2.14. The molecule has 1 aromatic rings. The molecule has 1 amide bonds. The Labute approximate surface area is 164 Å². The van der Waals surface area contributed by atoms with Gasteiger partial charge < -0.3 is 19.5 Å². The molecular weight excluding hydrogens is 344 g/mol. The Morgan fingerprint density at radius 1 is 1.15 bits per heavy atom. The van der Waals surface area contributed by atoms with Crippen molar-refractivity contribution in [2.24, 2.45) is 5.92 Å². The second-order valence-electron chi connectivity index (χ2n) is 7.31. The molecule has 1 N–H and O–H groups in total. The van der Waals surface area contributed by atoms with Gasteiger partial charge in [0.05, 0.1) is 26.3 Å². The summed E-state index contributed by atoms with van der Waals surface area (Å²) in [5, 5.41) is 3.04. The molecule has 0 aliphatic carbocycles. The first-order valence-corrected chi connectivity index (χ1v) is 9.65. The summed E-state index contributed by atoms with van der Waals surface area (Å²) in [6, 6.07) is 5.70. The fourth-order valence-electron chi connectivity index (χ4n) is 2.65. The first-order valence-electron chi connectivity index (χ1n) is 9.65. The highest BCUT2D eigenvalue weighted by Crippen LogP contribution is 2.30. The molecule has 6 nitrogen and oxygen atoms in total. The van der Waals surface area contributed by atoms with Crippen molar-refractivity contribution in [3.05, 3.63) is 23.8 Å². The number of rotatable bonds is 13. The lowest BCUT2D eigenvalue weighted by Crippen LogP contribution is -2.37. The van der Waals surface area contributed by atoms with Crippen molar-refractivity contribution in [2.45, 2.75) is 39.7 Å². The maximum Gasteiger partial charge on any atom is 0.234 e. The van der Waals surface area contributed by atoms with Crippen LogP contribution in [0.25, 0.3) is 0 Å². The first kappa shape index (κ1) is 23.2. The smallest absolute Gasteiger partial charge is 0.234 e. The number of likely N-dealkylation sites (N-methyl/N-ethyl adjacent to an activating group) is 1. The van der Waals surface area contributed by atoms with Gasteiger partial charge in [-0.15, -0.1) is 0 Å². The number of methoxy groups -OCH3 is 2. The highest BCUT2D eigenvalue weighted by atomic mass is 16.5. The van der Waals surface area contributed by atoms with Gasteiger partial charge >= 0.3 is 0 Å². The summed E-state index contributed by atoms with van der Waals surface area (Å²) in [5.74, 6) is 2.02. The zero-order chi connectivity index (χ0) is 20.2. The maximum absolute atomic E-state index is 12.3. The van der Waals surface area contributed by atoms with Gasteiger partial charge in [-0.1, -0.05) is 19.9 Å². The van der Waals surface area contributed by atoms with Crippen LogP contribution in [-0.4, -0.2) is 58.4 Å². The van der Waals surface area contributed by atoms with Gasteiger partial charge in [0, 0.05) is 20.3 Å². The molecular formula is C21H36N2O4. The average molecular weight is 381 g/mol. The number of carbonyl (C=O) groups is 1. The molecule has 6 heteroatoms. The summed E-state index contributed by atoms with van der Waals surface area (Å²) < 4.78 is 16.3. The Morgan fingerprint density at radius 2 is 1.89 bits per heavy atom. The van der Waals surface area contributed by atoms with Crippen LogP contribution in [0, 0.1) is 5.92 Å². The Bertz CT molecular complexity index is 563. The van der Waals surface area contributed by atoms with Crippen LogP contribution in [0.5, 0.6) is 11.5 Å². The molecule has 0 radical (unpaired) electrons. The van der Waals surface area contributed by atoms with Crippen LogP contribution in [0.3, 0.4) is 0 Å². The van der Waals surface area contributed by atoms with E-state index in [4.69, 9.17) is 14.2 Å². The van der Waals surface area contributed by atoms with Gasteiger partial charge in [-0.2, -0.15) is 0 Å². The third-order valence-electron chi connectivity index (χ3n) is 4.32. The molecule has 0 saturated carbocycles. The van der Waals surface area contributed by atoms with E-state index in [-0.39, 0.29) is 11.9 Å². The molecule has 1 aromatic carbocycles. The Balaban J connectivity index is 2.58. The molecule has 0 aliphatic rings. The van der Waals surface area contributed by atoms with E-state index in [1.807, 2.05) is 37.1 Å². The molecule has 1 rings (SSSR count). The molecule has 1 atom stereocenters. The van der Waals surface area contributed by atoms with Crippen LogP contribution in [0.2, 0.25) is 0 Å². The number of hydrogen-bond acceptors (Lipinski definition) is 5. The van der Waals surface area contributed by atoms with Crippen molar-refractivity contribution in [1.82, 2.24) is 10.2 Å². The number of nitrogens with zero attached hydrogens (tertiary/aromatic N) is 1. The van der Waals surface area contributed by atoms with Crippen LogP contribution in [0.1, 0.15) is 45.2 Å². The predicted molar refractivity (Wildman–Crippen MR) is 108 cm³/mol. The van der Waals surface area contributed by atoms with Crippen LogP contribution in [0.4, 0.5) is 0 Å². The third-order valence-corrected chi connectivity index (χ3v) is 4.32. The monoisotopic (exact) mass is 380 g/mol. The Kier molecular flexibility index (Phi) is 10.8. The van der Waals surface area contributed by atoms with Gasteiger partial charge in [0.25, 0.3) is 0 Å². The second-order valence-corrected chi connectivity index (χ2v) is 7.31. The van der Waals surface area contributed by atoms with E-state index in [9.17, 15) is 4.79 Å². The minimum Gasteiger partial charge on any atom is -0.493 e. The fraction of sp³-hybridized carbons (Fsp3) is 0.667. The largest absolute Gasteiger partial charge is 0.493 e. The van der Waals surface area contributed by atoms with Crippen LogP contribution >= 0.6 is 0 Å². The summed E-state index contributed by atoms with van der Waals surface area (Å²) in [6.45, 7) is 8.86. The minimum atomic E-state index is -0.108. The lowest BCUT2D eigenvalue weighted by atomic mass is 10.1. The molecule has 0 fully saturated rings. The van der Waals surface area contributed by atoms with Crippen molar-refractivity contribution in [3.63, 3.8) is 0 Å². The Hall–Kier alpha value is -1.79. The summed E-state index contributed by atoms with van der Waals surface area (Å²) in [7, 11) is 5.25. The molecule has 154 valence electrons. The van der Waals surface area contributed by atoms with Gasteiger partial charge in [-0.25, -0.2) is 0 Å². The fourth-order valence-corrected chi connectivity index (χ4v) is 2.65. The van der Waals surface area contributed by atoms with Gasteiger partial charge in [0.1, 0.15) is 0 Å². The summed E-state index contributed by atoms with van der Waals surface area (Å²) in [4.78, 5) is 14.2. The summed E-state index contributed by atoms with van der Waals surface area (Å²) in [6.07, 6.45) is 1.90. The molecule has 0 aliphatic heterocycles. The normalized spacial score (nSPS) is 12.3. The van der Waals surface area contributed by atoms with Crippen molar-refractivity contribution in [3.8, 4) is 11.5 Å². The molecule has 0 bridgehead atoms. The first-order chi connectivity index (χ1) is 12.9. The van der Waals surface area contributed by atoms with Gasteiger partial charge in [-0.05, 0) is 50.4 Å². The van der Waals surface area contributed by atoms with E-state index in [1.54, 1.807) is 14.2 Å². The van der Waals surface area contributed by atoms with Crippen molar-refractivity contribution in [2.75, 3.05) is 47.6 Å². The number of carbonyl (C=O) groups excluding carboxylic acids is 1. The van der Waals surface area contributed by atoms with Crippen LogP contribution in [0.15, 0.2) is 18.2 Å². The molecule has 0 aromatic heterocycles. The quantitative estimate of drug-likeness (QED) is 0.532. The predicted octanol–water partition coefficient (Wildman–Crippen LogP) is 3.27. The van der Waals surface area contributed by atoms with Crippen LogP contribution < -0.4 is 14.8 Å². The third kappa shape index (κ3) is 9.11. The molecule has 0 saturated heterocycles. The number of nitrogens with one attached hydrogen (secondary N) is 1. The van der Waals surface area contributed by atoms with E-state index >= 15 is 0 Å². The second kappa shape index (κ2) is 12.6. The number of benzene rings is 1. The molecule has 1 unspecified atom stereocenters. The van der Waals surface area contributed by atoms with Gasteiger partial charge in [0.2, 0.25) is 5.91 Å². The zero-order valence-corrected chi connectivity index (χ0v) is 17.7. The summed E-state index contributed by atoms with van der Waals surface area (Å²) in [5.41, 5.74) is 0.985. The van der Waals surface area contributed by atoms with E-state index < -0.39 is 0 Å². The number of hydrogen-bond donors (Lipinski definition) is 1. The van der Waals surface area contributed by atoms with E-state index in [0.717, 1.165) is 30.7 Å². The minimum absolute atomic E-state index is 0.00126. The lowest BCUT2D eigenvalue weighted by molar-refractivity contribution is -0.122. The zero-order valence-electron chi connectivity index (χ0n) is 17.7. The molecule has 27 heavy (non-hydrogen) atoms. The molecule has 0 heterocycles. The topological polar surface area (TPSA) is 60.0 Å².